The Hall–Kier alpha value is -1.48. The lowest BCUT2D eigenvalue weighted by Crippen LogP contribution is -2.30. The van der Waals surface area contributed by atoms with Crippen LogP contribution in [0.15, 0.2) is 30.5 Å². The van der Waals surface area contributed by atoms with E-state index >= 15 is 0 Å². The quantitative estimate of drug-likeness (QED) is 0.876. The van der Waals surface area contributed by atoms with Crippen molar-refractivity contribution in [1.29, 1.82) is 0 Å². The fourth-order valence-corrected chi connectivity index (χ4v) is 2.38. The summed E-state index contributed by atoms with van der Waals surface area (Å²) in [7, 11) is 2.00. The van der Waals surface area contributed by atoms with Gasteiger partial charge in [-0.15, -0.1) is 0 Å². The first kappa shape index (κ1) is 12.0. The van der Waals surface area contributed by atoms with Gasteiger partial charge in [0.15, 0.2) is 0 Å². The van der Waals surface area contributed by atoms with Crippen molar-refractivity contribution in [3.8, 4) is 0 Å². The van der Waals surface area contributed by atoms with E-state index in [-0.39, 0.29) is 0 Å². The molecule has 1 N–H and O–H groups in total. The zero-order valence-electron chi connectivity index (χ0n) is 10.6. The SMILES string of the molecule is CCC(NC)C(C)c1nncc2ccccc12. The Morgan fingerprint density at radius 3 is 2.76 bits per heavy atom. The highest BCUT2D eigenvalue weighted by Gasteiger charge is 2.19. The molecule has 0 aliphatic rings. The Morgan fingerprint density at radius 1 is 1.29 bits per heavy atom. The fourth-order valence-electron chi connectivity index (χ4n) is 2.38. The second kappa shape index (κ2) is 5.23. The molecule has 0 aliphatic heterocycles. The molecule has 2 aromatic rings. The molecule has 1 aromatic heterocycles. The standard InChI is InChI=1S/C14H19N3/c1-4-13(15-3)10(2)14-12-8-6-5-7-11(12)9-16-17-14/h5-10,13,15H,4H2,1-3H3. The van der Waals surface area contributed by atoms with Crippen LogP contribution in [0.2, 0.25) is 0 Å². The monoisotopic (exact) mass is 229 g/mol. The third-order valence-corrected chi connectivity index (χ3v) is 3.44. The number of likely N-dealkylation sites (N-methyl/N-ethyl adjacent to an activating group) is 1. The molecule has 0 amide bonds. The van der Waals surface area contributed by atoms with E-state index in [1.54, 1.807) is 0 Å². The van der Waals surface area contributed by atoms with Crippen LogP contribution in [0.4, 0.5) is 0 Å². The predicted molar refractivity (Wildman–Crippen MR) is 71.1 cm³/mol. The van der Waals surface area contributed by atoms with E-state index in [9.17, 15) is 0 Å². The van der Waals surface area contributed by atoms with Gasteiger partial charge in [-0.05, 0) is 13.5 Å². The Balaban J connectivity index is 2.47. The molecule has 0 aliphatic carbocycles. The van der Waals surface area contributed by atoms with E-state index in [0.717, 1.165) is 17.5 Å². The van der Waals surface area contributed by atoms with Gasteiger partial charge >= 0.3 is 0 Å². The second-order valence-electron chi connectivity index (χ2n) is 4.41. The number of aromatic nitrogens is 2. The van der Waals surface area contributed by atoms with Crippen molar-refractivity contribution >= 4 is 10.8 Å². The maximum atomic E-state index is 4.33. The third-order valence-electron chi connectivity index (χ3n) is 3.44. The molecule has 17 heavy (non-hydrogen) atoms. The summed E-state index contributed by atoms with van der Waals surface area (Å²) in [6.45, 7) is 4.40. The van der Waals surface area contributed by atoms with E-state index in [0.29, 0.717) is 12.0 Å². The van der Waals surface area contributed by atoms with Gasteiger partial charge in [-0.2, -0.15) is 10.2 Å². The molecule has 1 heterocycles. The van der Waals surface area contributed by atoms with E-state index in [1.807, 2.05) is 19.3 Å². The van der Waals surface area contributed by atoms with Gasteiger partial charge in [0.05, 0.1) is 11.9 Å². The van der Waals surface area contributed by atoms with Gasteiger partial charge in [0.25, 0.3) is 0 Å². The average molecular weight is 229 g/mol. The molecule has 0 saturated carbocycles. The van der Waals surface area contributed by atoms with Crippen molar-refractivity contribution in [1.82, 2.24) is 15.5 Å². The number of hydrogen-bond acceptors (Lipinski definition) is 3. The van der Waals surface area contributed by atoms with Crippen molar-refractivity contribution in [2.24, 2.45) is 0 Å². The summed E-state index contributed by atoms with van der Waals surface area (Å²) in [4.78, 5) is 0. The summed E-state index contributed by atoms with van der Waals surface area (Å²) in [6, 6.07) is 8.74. The third kappa shape index (κ3) is 2.29. The Kier molecular flexibility index (Phi) is 3.69. The van der Waals surface area contributed by atoms with Crippen LogP contribution in [0, 0.1) is 0 Å². The van der Waals surface area contributed by atoms with Gasteiger partial charge in [0.1, 0.15) is 0 Å². The van der Waals surface area contributed by atoms with Gasteiger partial charge in [0, 0.05) is 22.7 Å². The van der Waals surface area contributed by atoms with Crippen LogP contribution < -0.4 is 5.32 Å². The predicted octanol–water partition coefficient (Wildman–Crippen LogP) is 2.73. The molecule has 0 saturated heterocycles. The summed E-state index contributed by atoms with van der Waals surface area (Å²) >= 11 is 0. The minimum Gasteiger partial charge on any atom is -0.316 e. The van der Waals surface area contributed by atoms with Crippen molar-refractivity contribution in [3.63, 3.8) is 0 Å². The van der Waals surface area contributed by atoms with Crippen molar-refractivity contribution < 1.29 is 0 Å². The van der Waals surface area contributed by atoms with Crippen LogP contribution in [0.25, 0.3) is 10.8 Å². The lowest BCUT2D eigenvalue weighted by molar-refractivity contribution is 0.465. The molecular formula is C14H19N3. The van der Waals surface area contributed by atoms with Crippen LogP contribution in [0.1, 0.15) is 31.9 Å². The highest BCUT2D eigenvalue weighted by atomic mass is 15.1. The lowest BCUT2D eigenvalue weighted by atomic mass is 9.93. The summed E-state index contributed by atoms with van der Waals surface area (Å²) < 4.78 is 0. The van der Waals surface area contributed by atoms with E-state index in [2.05, 4.69) is 47.6 Å². The van der Waals surface area contributed by atoms with Crippen LogP contribution in [0.3, 0.4) is 0 Å². The van der Waals surface area contributed by atoms with Crippen LogP contribution >= 0.6 is 0 Å². The van der Waals surface area contributed by atoms with Gasteiger partial charge in [-0.1, -0.05) is 38.1 Å². The van der Waals surface area contributed by atoms with Gasteiger partial charge in [-0.3, -0.25) is 0 Å². The first-order valence-corrected chi connectivity index (χ1v) is 6.15. The fraction of sp³-hybridized carbons (Fsp3) is 0.429. The number of nitrogens with one attached hydrogen (secondary N) is 1. The number of fused-ring (bicyclic) bond motifs is 1. The summed E-state index contributed by atoms with van der Waals surface area (Å²) in [5, 5.41) is 14.2. The van der Waals surface area contributed by atoms with Gasteiger partial charge < -0.3 is 5.32 Å². The topological polar surface area (TPSA) is 37.8 Å². The smallest absolute Gasteiger partial charge is 0.0752 e. The summed E-state index contributed by atoms with van der Waals surface area (Å²) in [5.74, 6) is 0.364. The van der Waals surface area contributed by atoms with Gasteiger partial charge in [0.2, 0.25) is 0 Å². The average Bonchev–Trinajstić information content (AvgIpc) is 2.39. The van der Waals surface area contributed by atoms with Crippen LogP contribution in [-0.4, -0.2) is 23.3 Å². The second-order valence-corrected chi connectivity index (χ2v) is 4.41. The van der Waals surface area contributed by atoms with Crippen LogP contribution in [-0.2, 0) is 0 Å². The molecule has 0 fully saturated rings. The zero-order chi connectivity index (χ0) is 12.3. The molecule has 0 spiro atoms. The molecule has 3 nitrogen and oxygen atoms in total. The minimum atomic E-state index is 0.364. The molecule has 0 radical (unpaired) electrons. The highest BCUT2D eigenvalue weighted by molar-refractivity contribution is 5.83. The Morgan fingerprint density at radius 2 is 2.06 bits per heavy atom. The molecule has 0 bridgehead atoms. The zero-order valence-corrected chi connectivity index (χ0v) is 10.6. The number of nitrogens with zero attached hydrogens (tertiary/aromatic N) is 2. The lowest BCUT2D eigenvalue weighted by Gasteiger charge is -2.22. The summed E-state index contributed by atoms with van der Waals surface area (Å²) in [6.07, 6.45) is 2.91. The van der Waals surface area contributed by atoms with E-state index in [1.165, 1.54) is 5.39 Å². The molecule has 1 aromatic carbocycles. The van der Waals surface area contributed by atoms with Crippen molar-refractivity contribution in [3.05, 3.63) is 36.2 Å². The maximum Gasteiger partial charge on any atom is 0.0752 e. The molecule has 3 heteroatoms. The van der Waals surface area contributed by atoms with Crippen LogP contribution in [0.5, 0.6) is 0 Å². The first-order valence-electron chi connectivity index (χ1n) is 6.15. The normalized spacial score (nSPS) is 14.8. The molecular weight excluding hydrogens is 210 g/mol. The van der Waals surface area contributed by atoms with Crippen molar-refractivity contribution in [2.75, 3.05) is 7.05 Å². The van der Waals surface area contributed by atoms with E-state index < -0.39 is 0 Å². The first-order chi connectivity index (χ1) is 8.27. The molecule has 90 valence electrons. The molecule has 2 atom stereocenters. The maximum absolute atomic E-state index is 4.33. The largest absolute Gasteiger partial charge is 0.316 e. The number of rotatable bonds is 4. The Labute approximate surface area is 102 Å². The summed E-state index contributed by atoms with van der Waals surface area (Å²) in [5.41, 5.74) is 1.09. The molecule has 2 unspecified atom stereocenters. The van der Waals surface area contributed by atoms with Gasteiger partial charge in [-0.25, -0.2) is 0 Å². The molecule has 2 rings (SSSR count). The highest BCUT2D eigenvalue weighted by Crippen LogP contribution is 2.25. The number of hydrogen-bond donors (Lipinski definition) is 1. The van der Waals surface area contributed by atoms with E-state index in [4.69, 9.17) is 0 Å². The minimum absolute atomic E-state index is 0.364. The Bertz CT molecular complexity index is 486. The number of benzene rings is 1. The van der Waals surface area contributed by atoms with Crippen molar-refractivity contribution in [2.45, 2.75) is 32.2 Å².